The van der Waals surface area contributed by atoms with Crippen LogP contribution >= 0.6 is 0 Å². The lowest BCUT2D eigenvalue weighted by Gasteiger charge is -2.38. The number of nitrogens with one attached hydrogen (secondary N) is 2. The van der Waals surface area contributed by atoms with Gasteiger partial charge in [-0.1, -0.05) is 97.1 Å². The number of aliphatic hydroxyl groups is 1. The van der Waals surface area contributed by atoms with E-state index < -0.39 is 24.3 Å². The first-order valence-corrected chi connectivity index (χ1v) is 18.0. The van der Waals surface area contributed by atoms with Crippen LogP contribution in [0.5, 0.6) is 0 Å². The summed E-state index contributed by atoms with van der Waals surface area (Å²) in [6.07, 6.45) is 2.63. The Hall–Kier alpha value is -4.58. The number of hydrogen-bond acceptors (Lipinski definition) is 8. The molecule has 2 saturated heterocycles. The van der Waals surface area contributed by atoms with Crippen molar-refractivity contribution in [3.63, 3.8) is 0 Å². The number of aliphatic hydroxyl groups excluding tert-OH is 1. The molecule has 0 aliphatic carbocycles. The number of amides is 2. The standard InChI is InChI=1S/C42H49N3O7/c1-49-28-36-12-7-21-45(36)26-37-24-39(33-15-13-30(27-46)14-16-33)52-41(51-37)34-19-17-32(18-20-34)35-11-6-10-31(22-35)25-43-42(48)44-38(40(47)50-2)23-29-8-4-3-5-9-29/h3-6,8-11,13-20,22,36-39,41,46H,7,12,21,23-28H2,1-2H3,(H2,43,44,48). The van der Waals surface area contributed by atoms with Gasteiger partial charge in [0.25, 0.3) is 0 Å². The molecule has 0 aromatic heterocycles. The SMILES string of the molecule is COCC1CCCN1CC1CC(c2ccc(CO)cc2)OC(c2ccc(-c3cccc(CNC(=O)NC(Cc4ccccc4)C(=O)OC)c3)cc2)O1. The van der Waals surface area contributed by atoms with Crippen LogP contribution in [0, 0.1) is 0 Å². The van der Waals surface area contributed by atoms with Gasteiger partial charge in [0.15, 0.2) is 6.29 Å². The van der Waals surface area contributed by atoms with E-state index >= 15 is 0 Å². The molecule has 274 valence electrons. The average Bonchev–Trinajstić information content (AvgIpc) is 3.63. The Morgan fingerprint density at radius 1 is 0.865 bits per heavy atom. The third-order valence-corrected chi connectivity index (χ3v) is 9.88. The molecule has 10 nitrogen and oxygen atoms in total. The fourth-order valence-electron chi connectivity index (χ4n) is 7.08. The molecule has 2 aliphatic rings. The Balaban J connectivity index is 1.11. The van der Waals surface area contributed by atoms with Gasteiger partial charge >= 0.3 is 12.0 Å². The molecule has 10 heteroatoms. The molecular weight excluding hydrogens is 658 g/mol. The van der Waals surface area contributed by atoms with Crippen LogP contribution in [0.2, 0.25) is 0 Å². The lowest BCUT2D eigenvalue weighted by molar-refractivity contribution is -0.253. The van der Waals surface area contributed by atoms with E-state index in [9.17, 15) is 14.7 Å². The Morgan fingerprint density at radius 3 is 2.35 bits per heavy atom. The van der Waals surface area contributed by atoms with Crippen LogP contribution in [0.25, 0.3) is 11.1 Å². The molecule has 2 amide bonds. The molecule has 52 heavy (non-hydrogen) atoms. The van der Waals surface area contributed by atoms with Gasteiger partial charge in [0, 0.05) is 44.6 Å². The predicted molar refractivity (Wildman–Crippen MR) is 198 cm³/mol. The molecule has 2 heterocycles. The molecule has 3 N–H and O–H groups in total. The minimum atomic E-state index is -0.806. The summed E-state index contributed by atoms with van der Waals surface area (Å²) in [5.74, 6) is -0.501. The maximum Gasteiger partial charge on any atom is 0.328 e. The molecule has 5 unspecified atom stereocenters. The number of ether oxygens (including phenoxy) is 4. The molecule has 0 spiro atoms. The van der Waals surface area contributed by atoms with Crippen LogP contribution in [-0.4, -0.2) is 74.1 Å². The van der Waals surface area contributed by atoms with Gasteiger partial charge in [0.1, 0.15) is 6.04 Å². The van der Waals surface area contributed by atoms with Crippen LogP contribution in [-0.2, 0) is 43.3 Å². The first-order valence-electron chi connectivity index (χ1n) is 18.0. The van der Waals surface area contributed by atoms with Crippen molar-refractivity contribution in [2.24, 2.45) is 0 Å². The molecule has 0 saturated carbocycles. The molecule has 0 bridgehead atoms. The fraction of sp³-hybridized carbons (Fsp3) is 0.381. The lowest BCUT2D eigenvalue weighted by atomic mass is 9.98. The third-order valence-electron chi connectivity index (χ3n) is 9.88. The van der Waals surface area contributed by atoms with Crippen molar-refractivity contribution in [2.45, 2.75) is 69.4 Å². The van der Waals surface area contributed by atoms with E-state index in [4.69, 9.17) is 18.9 Å². The van der Waals surface area contributed by atoms with Gasteiger partial charge in [-0.15, -0.1) is 0 Å². The Bertz CT molecular complexity index is 1730. The zero-order valence-electron chi connectivity index (χ0n) is 29.9. The maximum atomic E-state index is 12.8. The summed E-state index contributed by atoms with van der Waals surface area (Å²) >= 11 is 0. The zero-order valence-corrected chi connectivity index (χ0v) is 29.9. The molecule has 5 atom stereocenters. The van der Waals surface area contributed by atoms with Crippen molar-refractivity contribution in [2.75, 3.05) is 33.9 Å². The number of methoxy groups -OCH3 is 2. The zero-order chi connectivity index (χ0) is 36.3. The van der Waals surface area contributed by atoms with Crippen LogP contribution in [0.15, 0.2) is 103 Å². The number of hydrogen-bond donors (Lipinski definition) is 3. The number of carbonyl (C=O) groups excluding carboxylic acids is 2. The van der Waals surface area contributed by atoms with Gasteiger partial charge in [0.2, 0.25) is 0 Å². The molecule has 4 aromatic rings. The van der Waals surface area contributed by atoms with Crippen LogP contribution in [0.3, 0.4) is 0 Å². The second-order valence-electron chi connectivity index (χ2n) is 13.5. The lowest BCUT2D eigenvalue weighted by Crippen LogP contribution is -2.47. The molecule has 0 radical (unpaired) electrons. The minimum absolute atomic E-state index is 0.00374. The van der Waals surface area contributed by atoms with Gasteiger partial charge < -0.3 is 34.7 Å². The van der Waals surface area contributed by atoms with Gasteiger partial charge in [-0.2, -0.15) is 0 Å². The Labute approximate surface area is 306 Å². The number of nitrogens with zero attached hydrogens (tertiary/aromatic N) is 1. The van der Waals surface area contributed by atoms with Gasteiger partial charge in [-0.3, -0.25) is 4.90 Å². The average molecular weight is 708 g/mol. The summed E-state index contributed by atoms with van der Waals surface area (Å²) in [5, 5.41) is 15.2. The van der Waals surface area contributed by atoms with Gasteiger partial charge in [0.05, 0.1) is 32.5 Å². The number of rotatable bonds is 14. The van der Waals surface area contributed by atoms with Crippen molar-refractivity contribution < 1.29 is 33.6 Å². The molecular formula is C42H49N3O7. The summed E-state index contributed by atoms with van der Waals surface area (Å²) in [6.45, 7) is 2.85. The van der Waals surface area contributed by atoms with E-state index in [2.05, 4.69) is 39.8 Å². The highest BCUT2D eigenvalue weighted by Crippen LogP contribution is 2.39. The Kier molecular flexibility index (Phi) is 13.1. The quantitative estimate of drug-likeness (QED) is 0.135. The predicted octanol–water partition coefficient (Wildman–Crippen LogP) is 6.09. The summed E-state index contributed by atoms with van der Waals surface area (Å²) < 4.78 is 23.7. The topological polar surface area (TPSA) is 119 Å². The molecule has 4 aromatic carbocycles. The monoisotopic (exact) mass is 707 g/mol. The summed E-state index contributed by atoms with van der Waals surface area (Å²) in [7, 11) is 3.07. The van der Waals surface area contributed by atoms with Crippen molar-refractivity contribution in [1.82, 2.24) is 15.5 Å². The van der Waals surface area contributed by atoms with Crippen LogP contribution in [0.1, 0.15) is 59.5 Å². The number of urea groups is 1. The van der Waals surface area contributed by atoms with E-state index in [0.29, 0.717) is 12.5 Å². The fourth-order valence-corrected chi connectivity index (χ4v) is 7.08. The number of benzene rings is 4. The smallest absolute Gasteiger partial charge is 0.328 e. The summed E-state index contributed by atoms with van der Waals surface area (Å²) in [6, 6.07) is 32.8. The van der Waals surface area contributed by atoms with Crippen LogP contribution in [0.4, 0.5) is 4.79 Å². The summed E-state index contributed by atoms with van der Waals surface area (Å²) in [5.41, 5.74) is 6.74. The van der Waals surface area contributed by atoms with E-state index in [0.717, 1.165) is 77.9 Å². The first kappa shape index (κ1) is 37.2. The van der Waals surface area contributed by atoms with E-state index in [1.165, 1.54) is 7.11 Å². The largest absolute Gasteiger partial charge is 0.467 e. The first-order chi connectivity index (χ1) is 25.4. The number of carbonyl (C=O) groups is 2. The highest BCUT2D eigenvalue weighted by Gasteiger charge is 2.35. The molecule has 2 fully saturated rings. The molecule has 6 rings (SSSR count). The van der Waals surface area contributed by atoms with Crippen molar-refractivity contribution in [3.05, 3.63) is 131 Å². The maximum absolute atomic E-state index is 12.8. The Morgan fingerprint density at radius 2 is 1.62 bits per heavy atom. The van der Waals surface area contributed by atoms with E-state index in [1.54, 1.807) is 7.11 Å². The van der Waals surface area contributed by atoms with Gasteiger partial charge in [-0.05, 0) is 58.8 Å². The van der Waals surface area contributed by atoms with Crippen molar-refractivity contribution in [3.8, 4) is 11.1 Å². The van der Waals surface area contributed by atoms with E-state index in [1.807, 2.05) is 78.9 Å². The highest BCUT2D eigenvalue weighted by molar-refractivity contribution is 5.83. The van der Waals surface area contributed by atoms with Crippen molar-refractivity contribution in [1.29, 1.82) is 0 Å². The normalized spacial score (nSPS) is 21.0. The minimum Gasteiger partial charge on any atom is -0.467 e. The third kappa shape index (κ3) is 9.84. The summed E-state index contributed by atoms with van der Waals surface area (Å²) in [4.78, 5) is 27.7. The highest BCUT2D eigenvalue weighted by atomic mass is 16.7. The second-order valence-corrected chi connectivity index (χ2v) is 13.5. The van der Waals surface area contributed by atoms with Crippen molar-refractivity contribution >= 4 is 12.0 Å². The van der Waals surface area contributed by atoms with Crippen LogP contribution < -0.4 is 10.6 Å². The van der Waals surface area contributed by atoms with E-state index in [-0.39, 0.29) is 25.4 Å². The second kappa shape index (κ2) is 18.3. The van der Waals surface area contributed by atoms with Gasteiger partial charge in [-0.25, -0.2) is 9.59 Å². The molecule has 2 aliphatic heterocycles. The number of esters is 1. The number of likely N-dealkylation sites (tertiary alicyclic amines) is 1.